The van der Waals surface area contributed by atoms with Gasteiger partial charge < -0.3 is 5.32 Å². The van der Waals surface area contributed by atoms with Gasteiger partial charge in [-0.1, -0.05) is 32.9 Å². The number of hydrogen-bond donors (Lipinski definition) is 1. The van der Waals surface area contributed by atoms with Crippen molar-refractivity contribution in [2.24, 2.45) is 11.3 Å². The normalized spacial score (nSPS) is 18.8. The molecule has 1 aromatic rings. The van der Waals surface area contributed by atoms with Crippen LogP contribution in [0.2, 0.25) is 0 Å². The molecule has 2 rings (SSSR count). The van der Waals surface area contributed by atoms with Gasteiger partial charge in [0, 0.05) is 12.6 Å². The molecule has 0 aromatic heterocycles. The lowest BCUT2D eigenvalue weighted by Gasteiger charge is -2.31. The molecule has 0 amide bonds. The largest absolute Gasteiger partial charge is 0.416 e. The second-order valence-electron chi connectivity index (χ2n) is 6.84. The molecule has 1 unspecified atom stereocenters. The maximum Gasteiger partial charge on any atom is 0.416 e. The Kier molecular flexibility index (Phi) is 4.66. The first-order chi connectivity index (χ1) is 9.71. The Morgan fingerprint density at radius 3 is 2.14 bits per heavy atom. The van der Waals surface area contributed by atoms with E-state index in [1.807, 2.05) is 0 Å². The van der Waals surface area contributed by atoms with Gasteiger partial charge >= 0.3 is 6.18 Å². The molecule has 1 fully saturated rings. The third-order valence-electron chi connectivity index (χ3n) is 4.37. The summed E-state index contributed by atoms with van der Waals surface area (Å²) in [4.78, 5) is 0. The Morgan fingerprint density at radius 2 is 1.71 bits per heavy atom. The minimum absolute atomic E-state index is 0.129. The lowest BCUT2D eigenvalue weighted by molar-refractivity contribution is -0.137. The van der Waals surface area contributed by atoms with Crippen LogP contribution in [0.1, 0.15) is 44.7 Å². The first-order valence-electron chi connectivity index (χ1n) is 7.60. The van der Waals surface area contributed by atoms with E-state index >= 15 is 0 Å². The molecule has 1 atom stereocenters. The van der Waals surface area contributed by atoms with Gasteiger partial charge in [0.1, 0.15) is 0 Å². The quantitative estimate of drug-likeness (QED) is 0.805. The fraction of sp³-hybridized carbons (Fsp3) is 0.647. The molecule has 0 aliphatic heterocycles. The van der Waals surface area contributed by atoms with Gasteiger partial charge in [0.15, 0.2) is 0 Å². The molecule has 1 saturated carbocycles. The van der Waals surface area contributed by atoms with Gasteiger partial charge in [0.05, 0.1) is 5.56 Å². The molecule has 1 aliphatic carbocycles. The highest BCUT2D eigenvalue weighted by molar-refractivity contribution is 5.26. The summed E-state index contributed by atoms with van der Waals surface area (Å²) < 4.78 is 37.8. The minimum Gasteiger partial charge on any atom is -0.314 e. The van der Waals surface area contributed by atoms with Crippen molar-refractivity contribution in [3.63, 3.8) is 0 Å². The standard InChI is InChI=1S/C17H24F3N/c1-12(2)21-11-16(3,14-8-9-14)10-13-4-6-15(7-5-13)17(18,19)20/h4-7,12,14,21H,8-11H2,1-3H3. The van der Waals surface area contributed by atoms with E-state index in [4.69, 9.17) is 0 Å². The Balaban J connectivity index is 2.06. The average molecular weight is 299 g/mol. The maximum absolute atomic E-state index is 12.6. The van der Waals surface area contributed by atoms with Gasteiger partial charge in [0.25, 0.3) is 0 Å². The van der Waals surface area contributed by atoms with E-state index in [1.54, 1.807) is 12.1 Å². The fourth-order valence-electron chi connectivity index (χ4n) is 2.85. The molecular formula is C17H24F3N. The first-order valence-corrected chi connectivity index (χ1v) is 7.60. The van der Waals surface area contributed by atoms with E-state index in [0.29, 0.717) is 12.0 Å². The van der Waals surface area contributed by atoms with Crippen molar-refractivity contribution >= 4 is 0 Å². The minimum atomic E-state index is -4.25. The predicted octanol–water partition coefficient (Wildman–Crippen LogP) is 4.66. The number of alkyl halides is 3. The zero-order chi connectivity index (χ0) is 15.7. The van der Waals surface area contributed by atoms with E-state index in [1.165, 1.54) is 25.0 Å². The van der Waals surface area contributed by atoms with E-state index in [0.717, 1.165) is 18.5 Å². The summed E-state index contributed by atoms with van der Waals surface area (Å²) in [6.45, 7) is 7.39. The van der Waals surface area contributed by atoms with Crippen LogP contribution in [0.15, 0.2) is 24.3 Å². The van der Waals surface area contributed by atoms with Gasteiger partial charge in [-0.3, -0.25) is 0 Å². The van der Waals surface area contributed by atoms with Crippen molar-refractivity contribution in [2.75, 3.05) is 6.54 Å². The first kappa shape index (κ1) is 16.3. The van der Waals surface area contributed by atoms with Crippen molar-refractivity contribution in [1.82, 2.24) is 5.32 Å². The van der Waals surface area contributed by atoms with Crippen molar-refractivity contribution in [2.45, 2.75) is 52.3 Å². The summed E-state index contributed by atoms with van der Waals surface area (Å²) in [5.74, 6) is 0.686. The molecule has 118 valence electrons. The summed E-state index contributed by atoms with van der Waals surface area (Å²) in [6.07, 6.45) is -0.957. The van der Waals surface area contributed by atoms with Crippen molar-refractivity contribution in [3.8, 4) is 0 Å². The monoisotopic (exact) mass is 299 g/mol. The molecule has 0 heterocycles. The van der Waals surface area contributed by atoms with Crippen LogP contribution in [0.25, 0.3) is 0 Å². The third kappa shape index (κ3) is 4.47. The van der Waals surface area contributed by atoms with E-state index in [9.17, 15) is 13.2 Å². The number of halogens is 3. The van der Waals surface area contributed by atoms with Gasteiger partial charge in [0.2, 0.25) is 0 Å². The van der Waals surface area contributed by atoms with Gasteiger partial charge in [-0.05, 0) is 48.3 Å². The summed E-state index contributed by atoms with van der Waals surface area (Å²) in [5, 5.41) is 3.48. The summed E-state index contributed by atoms with van der Waals surface area (Å²) >= 11 is 0. The van der Waals surface area contributed by atoms with Gasteiger partial charge in [-0.15, -0.1) is 0 Å². The van der Waals surface area contributed by atoms with Crippen LogP contribution in [0.5, 0.6) is 0 Å². The third-order valence-corrected chi connectivity index (χ3v) is 4.37. The lowest BCUT2D eigenvalue weighted by Crippen LogP contribution is -2.38. The molecule has 0 bridgehead atoms. The van der Waals surface area contributed by atoms with Gasteiger partial charge in [-0.2, -0.15) is 13.2 Å². The lowest BCUT2D eigenvalue weighted by atomic mass is 9.78. The molecule has 1 nitrogen and oxygen atoms in total. The van der Waals surface area contributed by atoms with Crippen LogP contribution in [-0.4, -0.2) is 12.6 Å². The molecule has 1 aliphatic rings. The van der Waals surface area contributed by atoms with Crippen LogP contribution < -0.4 is 5.32 Å². The summed E-state index contributed by atoms with van der Waals surface area (Å²) in [5.41, 5.74) is 0.548. The average Bonchev–Trinajstić information content (AvgIpc) is 3.20. The fourth-order valence-corrected chi connectivity index (χ4v) is 2.85. The molecule has 1 N–H and O–H groups in total. The van der Waals surface area contributed by atoms with Crippen molar-refractivity contribution in [1.29, 1.82) is 0 Å². The zero-order valence-electron chi connectivity index (χ0n) is 12.9. The maximum atomic E-state index is 12.6. The van der Waals surface area contributed by atoms with Crippen LogP contribution in [-0.2, 0) is 12.6 Å². The van der Waals surface area contributed by atoms with Crippen LogP contribution in [0.3, 0.4) is 0 Å². The van der Waals surface area contributed by atoms with Crippen molar-refractivity contribution in [3.05, 3.63) is 35.4 Å². The van der Waals surface area contributed by atoms with Gasteiger partial charge in [-0.25, -0.2) is 0 Å². The van der Waals surface area contributed by atoms with E-state index < -0.39 is 11.7 Å². The molecular weight excluding hydrogens is 275 g/mol. The molecule has 1 aromatic carbocycles. The Bertz CT molecular complexity index is 460. The van der Waals surface area contributed by atoms with E-state index in [2.05, 4.69) is 26.1 Å². The van der Waals surface area contributed by atoms with Crippen LogP contribution in [0, 0.1) is 11.3 Å². The molecule has 0 spiro atoms. The topological polar surface area (TPSA) is 12.0 Å². The van der Waals surface area contributed by atoms with Crippen molar-refractivity contribution < 1.29 is 13.2 Å². The molecule has 21 heavy (non-hydrogen) atoms. The molecule has 0 radical (unpaired) electrons. The second-order valence-corrected chi connectivity index (χ2v) is 6.84. The smallest absolute Gasteiger partial charge is 0.314 e. The summed E-state index contributed by atoms with van der Waals surface area (Å²) in [7, 11) is 0. The number of benzene rings is 1. The number of hydrogen-bond acceptors (Lipinski definition) is 1. The van der Waals surface area contributed by atoms with Crippen LogP contribution >= 0.6 is 0 Å². The number of rotatable bonds is 6. The molecule has 4 heteroatoms. The predicted molar refractivity (Wildman–Crippen MR) is 79.1 cm³/mol. The highest BCUT2D eigenvalue weighted by atomic mass is 19.4. The highest BCUT2D eigenvalue weighted by Crippen LogP contribution is 2.47. The SMILES string of the molecule is CC(C)NCC(C)(Cc1ccc(C(F)(F)F)cc1)C1CC1. The second kappa shape index (κ2) is 5.99. The number of nitrogens with one attached hydrogen (secondary N) is 1. The Labute approximate surface area is 124 Å². The summed E-state index contributed by atoms with van der Waals surface area (Å²) in [6, 6.07) is 6.06. The van der Waals surface area contributed by atoms with Crippen LogP contribution in [0.4, 0.5) is 13.2 Å². The zero-order valence-corrected chi connectivity index (χ0v) is 12.9. The molecule has 0 saturated heterocycles. The van der Waals surface area contributed by atoms with E-state index in [-0.39, 0.29) is 5.41 Å². The Hall–Kier alpha value is -1.03. The highest BCUT2D eigenvalue weighted by Gasteiger charge is 2.41. The Morgan fingerprint density at radius 1 is 1.14 bits per heavy atom.